The molecule has 0 amide bonds. The molecule has 0 aliphatic carbocycles. The fraction of sp³-hybridized carbons (Fsp3) is 0.308. The van der Waals surface area contributed by atoms with Crippen molar-refractivity contribution in [1.82, 2.24) is 19.0 Å². The van der Waals surface area contributed by atoms with Gasteiger partial charge in [-0.25, -0.2) is 4.98 Å². The number of aryl methyl sites for hydroxylation is 2. The number of aromatic nitrogens is 3. The first-order valence-electron chi connectivity index (χ1n) is 11.1. The Morgan fingerprint density at radius 2 is 1.74 bits per heavy atom. The van der Waals surface area contributed by atoms with Gasteiger partial charge in [0.1, 0.15) is 11.5 Å². The van der Waals surface area contributed by atoms with E-state index in [0.29, 0.717) is 11.7 Å². The van der Waals surface area contributed by atoms with Crippen molar-refractivity contribution in [1.29, 1.82) is 0 Å². The van der Waals surface area contributed by atoms with Gasteiger partial charge in [-0.1, -0.05) is 29.8 Å². The molecule has 4 aromatic rings. The minimum atomic E-state index is -0.0640. The quantitative estimate of drug-likeness (QED) is 0.492. The van der Waals surface area contributed by atoms with Crippen LogP contribution in [0.1, 0.15) is 35.6 Å². The van der Waals surface area contributed by atoms with E-state index in [1.165, 1.54) is 48.1 Å². The van der Waals surface area contributed by atoms with Crippen LogP contribution in [0.5, 0.6) is 0 Å². The molecule has 3 aromatic heterocycles. The summed E-state index contributed by atoms with van der Waals surface area (Å²) in [5.74, 6) is 1.29. The van der Waals surface area contributed by atoms with Gasteiger partial charge >= 0.3 is 0 Å². The van der Waals surface area contributed by atoms with Crippen LogP contribution in [0.15, 0.2) is 59.5 Å². The van der Waals surface area contributed by atoms with Gasteiger partial charge in [-0.2, -0.15) is 0 Å². The zero-order valence-corrected chi connectivity index (χ0v) is 18.0. The average Bonchev–Trinajstić information content (AvgIpc) is 2.93. The zero-order valence-electron chi connectivity index (χ0n) is 18.0. The molecule has 0 spiro atoms. The van der Waals surface area contributed by atoms with Crippen molar-refractivity contribution in [2.75, 3.05) is 13.1 Å². The summed E-state index contributed by atoms with van der Waals surface area (Å²) in [6, 6.07) is 16.1. The summed E-state index contributed by atoms with van der Waals surface area (Å²) in [4.78, 5) is 20.5. The minimum absolute atomic E-state index is 0.0640. The predicted octanol–water partition coefficient (Wildman–Crippen LogP) is 4.39. The van der Waals surface area contributed by atoms with E-state index in [2.05, 4.69) is 53.8 Å². The van der Waals surface area contributed by atoms with Gasteiger partial charge < -0.3 is 4.57 Å². The molecule has 3 aliphatic heterocycles. The molecule has 31 heavy (non-hydrogen) atoms. The Morgan fingerprint density at radius 3 is 2.48 bits per heavy atom. The molecule has 156 valence electrons. The van der Waals surface area contributed by atoms with Gasteiger partial charge in [0.2, 0.25) is 0 Å². The molecule has 2 bridgehead atoms. The molecule has 0 atom stereocenters. The molecule has 0 N–H and O–H groups in total. The van der Waals surface area contributed by atoms with Crippen LogP contribution in [0.25, 0.3) is 28.0 Å². The van der Waals surface area contributed by atoms with Gasteiger partial charge in [-0.05, 0) is 67.7 Å². The molecular weight excluding hydrogens is 384 g/mol. The minimum Gasteiger partial charge on any atom is -0.332 e. The van der Waals surface area contributed by atoms with Crippen LogP contribution in [0.3, 0.4) is 0 Å². The highest BCUT2D eigenvalue weighted by Crippen LogP contribution is 2.40. The lowest BCUT2D eigenvalue weighted by Gasteiger charge is -2.27. The number of nitrogens with zero attached hydrogens (tertiary/aromatic N) is 4. The lowest BCUT2D eigenvalue weighted by atomic mass is 9.94. The van der Waals surface area contributed by atoms with Crippen molar-refractivity contribution in [3.05, 3.63) is 81.9 Å². The Balaban J connectivity index is 1.44. The highest BCUT2D eigenvalue weighted by Gasteiger charge is 2.32. The highest BCUT2D eigenvalue weighted by atomic mass is 16.1. The monoisotopic (exact) mass is 410 g/mol. The normalized spacial score (nSPS) is 20.1. The van der Waals surface area contributed by atoms with E-state index in [1.54, 1.807) is 10.6 Å². The number of rotatable bonds is 2. The Labute approximate surface area is 181 Å². The highest BCUT2D eigenvalue weighted by molar-refractivity contribution is 5.83. The Hall–Kier alpha value is -3.18. The van der Waals surface area contributed by atoms with Crippen LogP contribution in [-0.2, 0) is 13.6 Å². The van der Waals surface area contributed by atoms with Gasteiger partial charge in [0.05, 0.1) is 0 Å². The summed E-state index contributed by atoms with van der Waals surface area (Å²) in [6.07, 6.45) is 4.29. The third-order valence-corrected chi connectivity index (χ3v) is 7.08. The first-order chi connectivity index (χ1) is 15.1. The van der Waals surface area contributed by atoms with Crippen LogP contribution in [0.2, 0.25) is 0 Å². The summed E-state index contributed by atoms with van der Waals surface area (Å²) < 4.78 is 3.92. The third-order valence-electron chi connectivity index (χ3n) is 7.08. The number of benzene rings is 1. The standard InChI is InChI=1S/C26H26N4O/c1-17-3-5-18(6-4-17)20-11-14-30(24(31)15-20)23-8-7-21-22-16-29-12-9-19(10-13-29)25(22)28(2)26(21)27-23/h3-8,11,14-15,19H,9-10,12-13,16H2,1-2H3. The number of hydrogen-bond acceptors (Lipinski definition) is 3. The van der Waals surface area contributed by atoms with E-state index in [-0.39, 0.29) is 5.56 Å². The molecule has 0 unspecified atom stereocenters. The van der Waals surface area contributed by atoms with Gasteiger partial charge in [-0.3, -0.25) is 14.3 Å². The molecule has 3 aliphatic rings. The molecular formula is C26H26N4O. The molecule has 1 aromatic carbocycles. The van der Waals surface area contributed by atoms with Crippen LogP contribution >= 0.6 is 0 Å². The fourth-order valence-electron chi connectivity index (χ4n) is 5.39. The van der Waals surface area contributed by atoms with Crippen molar-refractivity contribution >= 4 is 11.0 Å². The van der Waals surface area contributed by atoms with Gasteiger partial charge in [-0.15, -0.1) is 0 Å². The Kier molecular flexibility index (Phi) is 4.15. The first-order valence-corrected chi connectivity index (χ1v) is 11.1. The topological polar surface area (TPSA) is 43.1 Å². The van der Waals surface area contributed by atoms with Crippen LogP contribution < -0.4 is 5.56 Å². The average molecular weight is 411 g/mol. The lowest BCUT2D eigenvalue weighted by Crippen LogP contribution is -2.29. The molecule has 0 radical (unpaired) electrons. The molecule has 5 nitrogen and oxygen atoms in total. The zero-order chi connectivity index (χ0) is 21.1. The molecule has 0 saturated carbocycles. The predicted molar refractivity (Wildman–Crippen MR) is 124 cm³/mol. The molecule has 1 fully saturated rings. The second-order valence-electron chi connectivity index (χ2n) is 9.00. The van der Waals surface area contributed by atoms with Crippen molar-refractivity contribution in [3.63, 3.8) is 0 Å². The van der Waals surface area contributed by atoms with E-state index < -0.39 is 0 Å². The molecule has 7 rings (SSSR count). The fourth-order valence-corrected chi connectivity index (χ4v) is 5.39. The largest absolute Gasteiger partial charge is 0.332 e. The van der Waals surface area contributed by atoms with Gasteiger partial charge in [0, 0.05) is 42.9 Å². The summed E-state index contributed by atoms with van der Waals surface area (Å²) in [6.45, 7) is 5.45. The van der Waals surface area contributed by atoms with Crippen molar-refractivity contribution in [2.45, 2.75) is 32.2 Å². The molecule has 6 heterocycles. The summed E-state index contributed by atoms with van der Waals surface area (Å²) in [7, 11) is 2.13. The first kappa shape index (κ1) is 18.6. The van der Waals surface area contributed by atoms with E-state index in [1.807, 2.05) is 18.3 Å². The maximum absolute atomic E-state index is 13.0. The Morgan fingerprint density at radius 1 is 0.968 bits per heavy atom. The van der Waals surface area contributed by atoms with E-state index in [9.17, 15) is 4.79 Å². The number of fused-ring (bicyclic) bond motifs is 3. The SMILES string of the molecule is Cc1ccc(-c2ccn(-c3ccc4c5c(n(C)c4n3)C3CCN(CC3)C5)c(=O)c2)cc1. The number of hydrogen-bond donors (Lipinski definition) is 0. The van der Waals surface area contributed by atoms with Gasteiger partial charge in [0.25, 0.3) is 5.56 Å². The maximum atomic E-state index is 13.0. The lowest BCUT2D eigenvalue weighted by molar-refractivity contribution is 0.220. The van der Waals surface area contributed by atoms with E-state index in [4.69, 9.17) is 4.98 Å². The smallest absolute Gasteiger partial charge is 0.256 e. The maximum Gasteiger partial charge on any atom is 0.256 e. The molecule has 5 heteroatoms. The van der Waals surface area contributed by atoms with Crippen LogP contribution in [0, 0.1) is 6.92 Å². The number of pyridine rings is 2. The number of piperidine rings is 1. The van der Waals surface area contributed by atoms with Crippen molar-refractivity contribution < 1.29 is 0 Å². The second-order valence-corrected chi connectivity index (χ2v) is 9.00. The van der Waals surface area contributed by atoms with Crippen LogP contribution in [-0.4, -0.2) is 32.1 Å². The second kappa shape index (κ2) is 6.92. The van der Waals surface area contributed by atoms with Crippen molar-refractivity contribution in [3.8, 4) is 16.9 Å². The van der Waals surface area contributed by atoms with E-state index in [0.717, 1.165) is 23.3 Å². The molecule has 1 saturated heterocycles. The van der Waals surface area contributed by atoms with E-state index >= 15 is 0 Å². The summed E-state index contributed by atoms with van der Waals surface area (Å²) >= 11 is 0. The van der Waals surface area contributed by atoms with Crippen molar-refractivity contribution in [2.24, 2.45) is 7.05 Å². The third kappa shape index (κ3) is 2.95. The Bertz CT molecular complexity index is 1350. The summed E-state index contributed by atoms with van der Waals surface area (Å²) in [5, 5.41) is 1.23. The summed E-state index contributed by atoms with van der Waals surface area (Å²) in [5.41, 5.74) is 6.98. The van der Waals surface area contributed by atoms with Crippen LogP contribution in [0.4, 0.5) is 0 Å². The van der Waals surface area contributed by atoms with Gasteiger partial charge in [0.15, 0.2) is 0 Å².